The van der Waals surface area contributed by atoms with Crippen LogP contribution in [0.15, 0.2) is 40.5 Å². The highest BCUT2D eigenvalue weighted by Crippen LogP contribution is 2.25. The number of nitrogens with one attached hydrogen (secondary N) is 4. The first-order valence-electron chi connectivity index (χ1n) is 10.1. The van der Waals surface area contributed by atoms with E-state index in [-0.39, 0.29) is 24.8 Å². The van der Waals surface area contributed by atoms with Crippen LogP contribution in [0.25, 0.3) is 6.08 Å². The minimum atomic E-state index is 0. The van der Waals surface area contributed by atoms with E-state index < -0.39 is 0 Å². The van der Waals surface area contributed by atoms with E-state index in [4.69, 9.17) is 27.3 Å². The summed E-state index contributed by atoms with van der Waals surface area (Å²) in [5.41, 5.74) is 7.58. The fourth-order valence-electron chi connectivity index (χ4n) is 2.56. The molecule has 0 saturated heterocycles. The number of hydrogen-bond acceptors (Lipinski definition) is 6. The smallest absolute Gasteiger partial charge is 0.207 e. The molecule has 0 radical (unpaired) electrons. The fourth-order valence-corrected chi connectivity index (χ4v) is 3.57. The lowest BCUT2D eigenvalue weighted by Gasteiger charge is -2.07. The molecule has 14 heteroatoms. The Morgan fingerprint density at radius 3 is 2.89 bits per heavy atom. The second-order valence-electron chi connectivity index (χ2n) is 6.50. The standard InChI is InChI=1S/C21H28ClN9OS.2ClH/c1-25-19(24)31-21-28-13-16(30-21)7-10-33-11-9-27-20(29-14-23)26-8-3-4-15-5-6-17(22)18(12-15)32-2;;/h3-6,12-13H,7-11H2,1-2H3,(H2,26,27,29)(H4,24,25,28,30,31);2*1H/b4-3+;;. The SMILES string of the molecule is CN=C(N)Nc1ncc(CCSCCNC(=NC/C=C/c2ccc(Cl)c(OC)c2)NC#N)[nH]1.Cl.Cl. The van der Waals surface area contributed by atoms with E-state index in [1.807, 2.05) is 30.5 Å². The number of benzene rings is 1. The van der Waals surface area contributed by atoms with Gasteiger partial charge in [0.15, 0.2) is 12.2 Å². The van der Waals surface area contributed by atoms with Gasteiger partial charge in [0.05, 0.1) is 24.9 Å². The predicted octanol–water partition coefficient (Wildman–Crippen LogP) is 3.28. The summed E-state index contributed by atoms with van der Waals surface area (Å²) in [6.07, 6.45) is 8.34. The molecule has 0 bridgehead atoms. The number of aryl methyl sites for hydroxylation is 1. The Labute approximate surface area is 227 Å². The van der Waals surface area contributed by atoms with Crippen molar-refractivity contribution in [3.8, 4) is 11.9 Å². The minimum absolute atomic E-state index is 0. The number of thioether (sulfide) groups is 1. The van der Waals surface area contributed by atoms with Gasteiger partial charge in [-0.3, -0.25) is 15.6 Å². The molecule has 2 rings (SSSR count). The highest BCUT2D eigenvalue weighted by Gasteiger charge is 2.02. The number of aromatic nitrogens is 2. The third kappa shape index (κ3) is 12.5. The Balaban J connectivity index is 0.00000578. The topological polar surface area (TPSA) is 149 Å². The number of guanidine groups is 2. The van der Waals surface area contributed by atoms with Crippen molar-refractivity contribution in [1.82, 2.24) is 20.6 Å². The Kier molecular flexibility index (Phi) is 17.1. The fraction of sp³-hybridized carbons (Fsp3) is 0.333. The van der Waals surface area contributed by atoms with E-state index in [1.165, 1.54) is 0 Å². The lowest BCUT2D eigenvalue weighted by atomic mass is 10.2. The molecule has 0 spiro atoms. The summed E-state index contributed by atoms with van der Waals surface area (Å²) in [5, 5.41) is 18.1. The largest absolute Gasteiger partial charge is 0.495 e. The zero-order chi connectivity index (χ0) is 23.9. The van der Waals surface area contributed by atoms with Crippen LogP contribution in [0, 0.1) is 11.5 Å². The monoisotopic (exact) mass is 561 g/mol. The molecule has 1 aromatic carbocycles. The van der Waals surface area contributed by atoms with E-state index in [0.29, 0.717) is 41.7 Å². The molecule has 35 heavy (non-hydrogen) atoms. The molecule has 192 valence electrons. The van der Waals surface area contributed by atoms with E-state index in [9.17, 15) is 0 Å². The van der Waals surface area contributed by atoms with Crippen molar-refractivity contribution in [2.24, 2.45) is 15.7 Å². The van der Waals surface area contributed by atoms with Crippen molar-refractivity contribution < 1.29 is 4.74 Å². The molecule has 2 aromatic rings. The molecule has 1 aromatic heterocycles. The van der Waals surface area contributed by atoms with Crippen LogP contribution in [-0.4, -0.2) is 60.6 Å². The quantitative estimate of drug-likeness (QED) is 0.0921. The van der Waals surface area contributed by atoms with Crippen molar-refractivity contribution in [1.29, 1.82) is 5.26 Å². The summed E-state index contributed by atoms with van der Waals surface area (Å²) in [5.74, 6) is 3.73. The molecule has 1 heterocycles. The Bertz CT molecular complexity index is 1020. The zero-order valence-electron chi connectivity index (χ0n) is 19.4. The second kappa shape index (κ2) is 18.5. The molecule has 0 fully saturated rings. The minimum Gasteiger partial charge on any atom is -0.495 e. The van der Waals surface area contributed by atoms with Gasteiger partial charge >= 0.3 is 0 Å². The third-order valence-corrected chi connectivity index (χ3v) is 5.48. The van der Waals surface area contributed by atoms with Crippen LogP contribution in [0.2, 0.25) is 5.02 Å². The van der Waals surface area contributed by atoms with Crippen molar-refractivity contribution in [2.45, 2.75) is 6.42 Å². The van der Waals surface area contributed by atoms with Gasteiger partial charge in [0, 0.05) is 25.0 Å². The average molecular weight is 563 g/mol. The van der Waals surface area contributed by atoms with Gasteiger partial charge in [-0.1, -0.05) is 29.8 Å². The number of nitrogens with two attached hydrogens (primary N) is 1. The second-order valence-corrected chi connectivity index (χ2v) is 8.13. The number of methoxy groups -OCH3 is 1. The number of nitriles is 1. The first-order chi connectivity index (χ1) is 16.0. The van der Waals surface area contributed by atoms with Gasteiger partial charge in [-0.15, -0.1) is 24.8 Å². The number of rotatable bonds is 11. The van der Waals surface area contributed by atoms with Crippen LogP contribution in [0.5, 0.6) is 5.75 Å². The van der Waals surface area contributed by atoms with Crippen LogP contribution in [0.3, 0.4) is 0 Å². The summed E-state index contributed by atoms with van der Waals surface area (Å²) < 4.78 is 5.21. The van der Waals surface area contributed by atoms with Crippen molar-refractivity contribution in [3.05, 3.63) is 46.8 Å². The number of aromatic amines is 1. The van der Waals surface area contributed by atoms with Crippen LogP contribution >= 0.6 is 48.2 Å². The van der Waals surface area contributed by atoms with Gasteiger partial charge in [-0.2, -0.15) is 17.0 Å². The summed E-state index contributed by atoms with van der Waals surface area (Å²) >= 11 is 7.82. The van der Waals surface area contributed by atoms with Gasteiger partial charge in [-0.05, 0) is 29.9 Å². The highest BCUT2D eigenvalue weighted by atomic mass is 35.5. The molecule has 0 atom stereocenters. The summed E-state index contributed by atoms with van der Waals surface area (Å²) in [7, 11) is 3.18. The maximum absolute atomic E-state index is 8.93. The number of imidazole rings is 1. The first-order valence-corrected chi connectivity index (χ1v) is 11.6. The van der Waals surface area contributed by atoms with Crippen LogP contribution in [-0.2, 0) is 6.42 Å². The molecule has 0 unspecified atom stereocenters. The van der Waals surface area contributed by atoms with Gasteiger partial charge in [-0.25, -0.2) is 9.98 Å². The third-order valence-electron chi connectivity index (χ3n) is 4.18. The zero-order valence-corrected chi connectivity index (χ0v) is 22.6. The van der Waals surface area contributed by atoms with Gasteiger partial charge in [0.1, 0.15) is 5.75 Å². The van der Waals surface area contributed by atoms with E-state index in [0.717, 1.165) is 29.2 Å². The Morgan fingerprint density at radius 2 is 2.17 bits per heavy atom. The van der Waals surface area contributed by atoms with Gasteiger partial charge in [0.25, 0.3) is 0 Å². The number of anilines is 1. The number of ether oxygens (including phenoxy) is 1. The lowest BCUT2D eigenvalue weighted by Crippen LogP contribution is -2.36. The predicted molar refractivity (Wildman–Crippen MR) is 151 cm³/mol. The number of H-pyrrole nitrogens is 1. The first kappa shape index (κ1) is 32.2. The average Bonchev–Trinajstić information content (AvgIpc) is 3.26. The summed E-state index contributed by atoms with van der Waals surface area (Å²) in [6, 6.07) is 5.52. The van der Waals surface area contributed by atoms with Gasteiger partial charge < -0.3 is 20.8 Å². The summed E-state index contributed by atoms with van der Waals surface area (Å²) in [6.45, 7) is 1.09. The molecule has 0 saturated carbocycles. The molecule has 0 amide bonds. The molecule has 0 aliphatic heterocycles. The number of nitrogens with zero attached hydrogens (tertiary/aromatic N) is 4. The molecule has 6 N–H and O–H groups in total. The van der Waals surface area contributed by atoms with Gasteiger partial charge in [0.2, 0.25) is 11.9 Å². The number of halogens is 3. The van der Waals surface area contributed by atoms with E-state index in [1.54, 1.807) is 38.2 Å². The molecular weight excluding hydrogens is 533 g/mol. The van der Waals surface area contributed by atoms with Crippen LogP contribution in [0.1, 0.15) is 11.3 Å². The normalized spacial score (nSPS) is 11.3. The van der Waals surface area contributed by atoms with E-state index in [2.05, 4.69) is 35.9 Å². The van der Waals surface area contributed by atoms with Crippen LogP contribution < -0.4 is 26.4 Å². The maximum atomic E-state index is 8.93. The number of aliphatic imine (C=N–C) groups is 2. The molecule has 0 aliphatic carbocycles. The lowest BCUT2D eigenvalue weighted by molar-refractivity contribution is 0.415. The van der Waals surface area contributed by atoms with Crippen LogP contribution in [0.4, 0.5) is 5.95 Å². The van der Waals surface area contributed by atoms with Crippen molar-refractivity contribution in [2.75, 3.05) is 44.1 Å². The summed E-state index contributed by atoms with van der Waals surface area (Å²) in [4.78, 5) is 15.6. The van der Waals surface area contributed by atoms with E-state index >= 15 is 0 Å². The Morgan fingerprint density at radius 1 is 1.37 bits per heavy atom. The molecule has 10 nitrogen and oxygen atoms in total. The van der Waals surface area contributed by atoms with Crippen molar-refractivity contribution >= 4 is 72.1 Å². The molecule has 0 aliphatic rings. The Hall–Kier alpha value is -2.78. The maximum Gasteiger partial charge on any atom is 0.207 e. The highest BCUT2D eigenvalue weighted by molar-refractivity contribution is 7.99. The molecular formula is C21H30Cl3N9OS. The van der Waals surface area contributed by atoms with Crippen molar-refractivity contribution in [3.63, 3.8) is 0 Å². The number of hydrogen-bond donors (Lipinski definition) is 5.